The van der Waals surface area contributed by atoms with E-state index in [1.807, 2.05) is 18.2 Å². The summed E-state index contributed by atoms with van der Waals surface area (Å²) in [5.41, 5.74) is 10.4. The van der Waals surface area contributed by atoms with Crippen LogP contribution < -0.4 is 0 Å². The summed E-state index contributed by atoms with van der Waals surface area (Å²) >= 11 is 3.55. The molecule has 0 unspecified atom stereocenters. The van der Waals surface area contributed by atoms with Crippen molar-refractivity contribution in [2.45, 2.75) is 0 Å². The molecule has 0 aliphatic rings. The van der Waals surface area contributed by atoms with Gasteiger partial charge >= 0.3 is 0 Å². The minimum atomic E-state index is 0.911. The molecule has 7 rings (SSSR count). The van der Waals surface area contributed by atoms with E-state index in [1.54, 1.807) is 0 Å². The molecule has 0 spiro atoms. The van der Waals surface area contributed by atoms with Gasteiger partial charge in [0.05, 0.1) is 11.4 Å². The van der Waals surface area contributed by atoms with Crippen LogP contribution in [0.3, 0.4) is 0 Å². The summed E-state index contributed by atoms with van der Waals surface area (Å²) in [6, 6.07) is 46.3. The van der Waals surface area contributed by atoms with E-state index in [-0.39, 0.29) is 0 Å². The van der Waals surface area contributed by atoms with Crippen molar-refractivity contribution < 1.29 is 4.42 Å². The van der Waals surface area contributed by atoms with E-state index in [0.717, 1.165) is 71.2 Å². The summed E-state index contributed by atoms with van der Waals surface area (Å²) in [5, 5.41) is 2.28. The Balaban J connectivity index is 1.33. The third-order valence-corrected chi connectivity index (χ3v) is 7.50. The molecule has 180 valence electrons. The first-order valence-corrected chi connectivity index (χ1v) is 13.4. The van der Waals surface area contributed by atoms with Crippen LogP contribution in [0.25, 0.3) is 66.7 Å². The Hall–Kier alpha value is -4.47. The zero-order valence-electron chi connectivity index (χ0n) is 20.4. The molecular weight excluding hydrogens is 530 g/mol. The summed E-state index contributed by atoms with van der Waals surface area (Å²) in [5.74, 6) is 0. The average molecular weight is 552 g/mol. The lowest BCUT2D eigenvalue weighted by Crippen LogP contribution is -1.91. The Kier molecular flexibility index (Phi) is 5.64. The highest BCUT2D eigenvalue weighted by Gasteiger charge is 2.13. The maximum Gasteiger partial charge on any atom is 0.143 e. The fourth-order valence-electron chi connectivity index (χ4n) is 5.04. The molecule has 38 heavy (non-hydrogen) atoms. The summed E-state index contributed by atoms with van der Waals surface area (Å²) in [7, 11) is 0. The lowest BCUT2D eigenvalue weighted by molar-refractivity contribution is 0.670. The topological polar surface area (TPSA) is 26.0 Å². The molecule has 0 aliphatic carbocycles. The third kappa shape index (κ3) is 4.11. The van der Waals surface area contributed by atoms with Gasteiger partial charge in [0.25, 0.3) is 0 Å². The van der Waals surface area contributed by atoms with Crippen molar-refractivity contribution in [3.05, 3.63) is 138 Å². The molecular formula is C35H22BrNO. The molecule has 2 heterocycles. The molecule has 0 atom stereocenters. The zero-order chi connectivity index (χ0) is 25.5. The van der Waals surface area contributed by atoms with Crippen LogP contribution in [0, 0.1) is 0 Å². The highest BCUT2D eigenvalue weighted by molar-refractivity contribution is 9.10. The minimum Gasteiger partial charge on any atom is -0.455 e. The number of aromatic nitrogens is 1. The predicted octanol–water partition coefficient (Wildman–Crippen LogP) is 10.4. The van der Waals surface area contributed by atoms with Crippen molar-refractivity contribution in [2.24, 2.45) is 0 Å². The van der Waals surface area contributed by atoms with Gasteiger partial charge in [-0.1, -0.05) is 119 Å². The molecule has 7 aromatic rings. The number of hydrogen-bond acceptors (Lipinski definition) is 2. The molecule has 0 aliphatic heterocycles. The lowest BCUT2D eigenvalue weighted by atomic mass is 9.98. The van der Waals surface area contributed by atoms with Crippen LogP contribution in [0.4, 0.5) is 0 Å². The number of nitrogens with zero attached hydrogens (tertiary/aromatic N) is 1. The first-order chi connectivity index (χ1) is 18.7. The molecule has 3 heteroatoms. The molecule has 0 amide bonds. The van der Waals surface area contributed by atoms with Crippen molar-refractivity contribution in [1.82, 2.24) is 4.98 Å². The Morgan fingerprint density at radius 3 is 1.84 bits per heavy atom. The van der Waals surface area contributed by atoms with Crippen LogP contribution in [0.2, 0.25) is 0 Å². The molecule has 0 bridgehead atoms. The normalized spacial score (nSPS) is 11.3. The predicted molar refractivity (Wildman–Crippen MR) is 161 cm³/mol. The second-order valence-electron chi connectivity index (χ2n) is 9.36. The monoisotopic (exact) mass is 551 g/mol. The minimum absolute atomic E-state index is 0.911. The zero-order valence-corrected chi connectivity index (χ0v) is 22.0. The standard InChI is InChI=1S/C35H22BrNO/c36-28-19-17-23(18-20-28)27-21-32(25-7-2-1-3-8-25)37-33(22-27)26-15-13-24(14-16-26)29-10-6-11-31-30-9-4-5-12-34(30)38-35(29)31/h1-22H. The van der Waals surface area contributed by atoms with Crippen LogP contribution in [-0.2, 0) is 0 Å². The van der Waals surface area contributed by atoms with Crippen LogP contribution in [0.15, 0.2) is 142 Å². The van der Waals surface area contributed by atoms with Gasteiger partial charge < -0.3 is 4.42 Å². The highest BCUT2D eigenvalue weighted by atomic mass is 79.9. The summed E-state index contributed by atoms with van der Waals surface area (Å²) in [4.78, 5) is 5.07. The molecule has 0 saturated heterocycles. The number of fused-ring (bicyclic) bond motifs is 3. The van der Waals surface area contributed by atoms with Crippen LogP contribution in [-0.4, -0.2) is 4.98 Å². The van der Waals surface area contributed by atoms with Gasteiger partial charge in [0, 0.05) is 31.9 Å². The Labute approximate surface area is 229 Å². The van der Waals surface area contributed by atoms with E-state index in [2.05, 4.69) is 131 Å². The summed E-state index contributed by atoms with van der Waals surface area (Å²) in [6.07, 6.45) is 0. The number of rotatable bonds is 4. The first-order valence-electron chi connectivity index (χ1n) is 12.6. The smallest absolute Gasteiger partial charge is 0.143 e. The van der Waals surface area contributed by atoms with Gasteiger partial charge in [-0.2, -0.15) is 0 Å². The van der Waals surface area contributed by atoms with Gasteiger partial charge in [-0.3, -0.25) is 0 Å². The largest absolute Gasteiger partial charge is 0.455 e. The van der Waals surface area contributed by atoms with Gasteiger partial charge in [-0.15, -0.1) is 0 Å². The quantitative estimate of drug-likeness (QED) is 0.217. The van der Waals surface area contributed by atoms with Crippen LogP contribution in [0.5, 0.6) is 0 Å². The maximum absolute atomic E-state index is 6.27. The SMILES string of the molecule is Brc1ccc(-c2cc(-c3ccccc3)nc(-c3ccc(-c4cccc5c4oc4ccccc45)cc3)c2)cc1. The first kappa shape index (κ1) is 22.7. The molecule has 0 radical (unpaired) electrons. The third-order valence-electron chi connectivity index (χ3n) is 6.97. The van der Waals surface area contributed by atoms with E-state index < -0.39 is 0 Å². The molecule has 0 saturated carbocycles. The van der Waals surface area contributed by atoms with Gasteiger partial charge in [0.15, 0.2) is 0 Å². The Bertz CT molecular complexity index is 1900. The number of furan rings is 1. The number of hydrogen-bond donors (Lipinski definition) is 0. The van der Waals surface area contributed by atoms with E-state index in [0.29, 0.717) is 0 Å². The van der Waals surface area contributed by atoms with Gasteiger partial charge in [-0.25, -0.2) is 4.98 Å². The van der Waals surface area contributed by atoms with Crippen LogP contribution >= 0.6 is 15.9 Å². The molecule has 2 aromatic heterocycles. The molecule has 5 aromatic carbocycles. The van der Waals surface area contributed by atoms with E-state index >= 15 is 0 Å². The average Bonchev–Trinajstić information content (AvgIpc) is 3.37. The fraction of sp³-hybridized carbons (Fsp3) is 0. The van der Waals surface area contributed by atoms with Crippen molar-refractivity contribution in [2.75, 3.05) is 0 Å². The van der Waals surface area contributed by atoms with Crippen molar-refractivity contribution in [1.29, 1.82) is 0 Å². The number of halogens is 1. The molecule has 0 fully saturated rings. The number of benzene rings is 5. The second-order valence-corrected chi connectivity index (χ2v) is 10.3. The fourth-order valence-corrected chi connectivity index (χ4v) is 5.30. The lowest BCUT2D eigenvalue weighted by Gasteiger charge is -2.11. The number of para-hydroxylation sites is 2. The van der Waals surface area contributed by atoms with Crippen molar-refractivity contribution >= 4 is 37.9 Å². The summed E-state index contributed by atoms with van der Waals surface area (Å²) < 4.78 is 7.34. The number of pyridine rings is 1. The molecule has 0 N–H and O–H groups in total. The van der Waals surface area contributed by atoms with Gasteiger partial charge in [-0.05, 0) is 47.0 Å². The highest BCUT2D eigenvalue weighted by Crippen LogP contribution is 2.37. The summed E-state index contributed by atoms with van der Waals surface area (Å²) in [6.45, 7) is 0. The van der Waals surface area contributed by atoms with E-state index in [1.165, 1.54) is 0 Å². The van der Waals surface area contributed by atoms with Crippen molar-refractivity contribution in [3.63, 3.8) is 0 Å². The maximum atomic E-state index is 6.27. The van der Waals surface area contributed by atoms with Crippen molar-refractivity contribution in [3.8, 4) is 44.8 Å². The van der Waals surface area contributed by atoms with Gasteiger partial charge in [0.1, 0.15) is 11.2 Å². The van der Waals surface area contributed by atoms with E-state index in [4.69, 9.17) is 9.40 Å². The second kappa shape index (κ2) is 9.44. The Morgan fingerprint density at radius 2 is 1.08 bits per heavy atom. The van der Waals surface area contributed by atoms with Crippen LogP contribution in [0.1, 0.15) is 0 Å². The van der Waals surface area contributed by atoms with Gasteiger partial charge in [0.2, 0.25) is 0 Å². The Morgan fingerprint density at radius 1 is 0.474 bits per heavy atom. The van der Waals surface area contributed by atoms with E-state index in [9.17, 15) is 0 Å². The molecule has 2 nitrogen and oxygen atoms in total.